The van der Waals surface area contributed by atoms with Crippen LogP contribution in [0.1, 0.15) is 93.7 Å². The molecule has 0 aromatic heterocycles. The molecule has 0 radical (unpaired) electrons. The lowest BCUT2D eigenvalue weighted by Crippen LogP contribution is -2.63. The van der Waals surface area contributed by atoms with Gasteiger partial charge < -0.3 is 19.3 Å². The first-order valence-electron chi connectivity index (χ1n) is 17.6. The minimum atomic E-state index is -3.06. The molecule has 39 heavy (non-hydrogen) atoms. The van der Waals surface area contributed by atoms with Gasteiger partial charge in [0.05, 0.1) is 23.6 Å². The minimum Gasteiger partial charge on any atom is -0.457 e. The SMILES string of the molecule is [2H]C1=C[C@@]2(C)C(=C([2H])C1=O)C([2H])([2H])C[C@@H]1[C@@H]2[C@@H](O)C[C@@]2(C)[C@H]1C[C@H]1O[C@@H](C3CCCCC3)O[C@]12C(=O)C([2H])([2H])OC(=O)C(C)C. The molecule has 0 amide bonds. The molecule has 1 saturated heterocycles. The topological polar surface area (TPSA) is 99.1 Å². The van der Waals surface area contributed by atoms with Crippen LogP contribution in [0.2, 0.25) is 0 Å². The molecule has 1 heterocycles. The van der Waals surface area contributed by atoms with Crippen molar-refractivity contribution in [1.82, 2.24) is 0 Å². The molecule has 214 valence electrons. The minimum absolute atomic E-state index is 0.00676. The summed E-state index contributed by atoms with van der Waals surface area (Å²) in [7, 11) is 0. The number of rotatable bonds is 5. The number of ether oxygens (including phenoxy) is 3. The Balaban J connectivity index is 1.46. The van der Waals surface area contributed by atoms with Gasteiger partial charge in [0, 0.05) is 25.4 Å². The number of allylic oxidation sites excluding steroid dienone is 4. The molecule has 7 heteroatoms. The van der Waals surface area contributed by atoms with Gasteiger partial charge in [-0.15, -0.1) is 0 Å². The van der Waals surface area contributed by atoms with Crippen molar-refractivity contribution in [1.29, 1.82) is 0 Å². The van der Waals surface area contributed by atoms with Crippen LogP contribution < -0.4 is 0 Å². The summed E-state index contributed by atoms with van der Waals surface area (Å²) in [5.74, 6) is -5.26. The molecular formula is C32H44O7. The Morgan fingerprint density at radius 1 is 1.26 bits per heavy atom. The van der Waals surface area contributed by atoms with Gasteiger partial charge in [0.15, 0.2) is 24.2 Å². The van der Waals surface area contributed by atoms with E-state index in [0.717, 1.165) is 32.1 Å². The first kappa shape index (κ1) is 21.0. The quantitative estimate of drug-likeness (QED) is 0.499. The van der Waals surface area contributed by atoms with E-state index in [0.29, 0.717) is 0 Å². The van der Waals surface area contributed by atoms with E-state index in [1.165, 1.54) is 6.08 Å². The summed E-state index contributed by atoms with van der Waals surface area (Å²) in [4.78, 5) is 39.8. The first-order valence-corrected chi connectivity index (χ1v) is 14.6. The van der Waals surface area contributed by atoms with Gasteiger partial charge in [-0.05, 0) is 62.4 Å². The highest BCUT2D eigenvalue weighted by Gasteiger charge is 2.76. The molecule has 0 aromatic carbocycles. The van der Waals surface area contributed by atoms with Gasteiger partial charge in [0.2, 0.25) is 5.78 Å². The molecule has 6 aliphatic rings. The Bertz CT molecular complexity index is 1370. The van der Waals surface area contributed by atoms with Crippen molar-refractivity contribution in [2.45, 2.75) is 110 Å². The third kappa shape index (κ3) is 3.97. The molecule has 5 fully saturated rings. The highest BCUT2D eigenvalue weighted by atomic mass is 16.7. The highest BCUT2D eigenvalue weighted by Crippen LogP contribution is 2.70. The van der Waals surface area contributed by atoms with Crippen molar-refractivity contribution < 1.29 is 41.9 Å². The lowest BCUT2D eigenvalue weighted by molar-refractivity contribution is -0.210. The van der Waals surface area contributed by atoms with E-state index in [2.05, 4.69) is 0 Å². The summed E-state index contributed by atoms with van der Waals surface area (Å²) >= 11 is 0. The van der Waals surface area contributed by atoms with Crippen molar-refractivity contribution in [3.05, 3.63) is 23.8 Å². The molecule has 1 N–H and O–H groups in total. The van der Waals surface area contributed by atoms with Gasteiger partial charge in [-0.3, -0.25) is 14.4 Å². The molecular weight excluding hydrogens is 496 g/mol. The molecule has 1 aliphatic heterocycles. The van der Waals surface area contributed by atoms with E-state index in [4.69, 9.17) is 22.4 Å². The lowest BCUT2D eigenvalue weighted by atomic mass is 9.46. The maximum atomic E-state index is 14.6. The largest absolute Gasteiger partial charge is 0.457 e. The van der Waals surface area contributed by atoms with Gasteiger partial charge in [-0.25, -0.2) is 0 Å². The maximum absolute atomic E-state index is 14.6. The molecule has 5 aliphatic carbocycles. The predicted molar refractivity (Wildman–Crippen MR) is 143 cm³/mol. The zero-order valence-electron chi connectivity index (χ0n) is 29.2. The van der Waals surface area contributed by atoms with Gasteiger partial charge in [-0.1, -0.05) is 58.6 Å². The van der Waals surface area contributed by atoms with Crippen molar-refractivity contribution in [3.8, 4) is 0 Å². The van der Waals surface area contributed by atoms with E-state index in [1.807, 2.05) is 0 Å². The van der Waals surface area contributed by atoms with E-state index < -0.39 is 101 Å². The summed E-state index contributed by atoms with van der Waals surface area (Å²) in [6.07, 6.45) is 1.09. The van der Waals surface area contributed by atoms with Crippen LogP contribution in [0.3, 0.4) is 0 Å². The zero-order valence-corrected chi connectivity index (χ0v) is 23.2. The van der Waals surface area contributed by atoms with Gasteiger partial charge in [-0.2, -0.15) is 0 Å². The third-order valence-corrected chi connectivity index (χ3v) is 10.8. The first-order chi connectivity index (χ1) is 20.8. The molecule has 0 bridgehead atoms. The number of hydrogen-bond donors (Lipinski definition) is 1. The number of carbonyl (C=O) groups is 3. The average molecular weight is 547 g/mol. The molecule has 0 spiro atoms. The van der Waals surface area contributed by atoms with Gasteiger partial charge >= 0.3 is 5.97 Å². The summed E-state index contributed by atoms with van der Waals surface area (Å²) in [5.41, 5.74) is -4.51. The predicted octanol–water partition coefficient (Wildman–Crippen LogP) is 4.70. The summed E-state index contributed by atoms with van der Waals surface area (Å²) < 4.78 is 70.8. The standard InChI is InChI=1S/C32H44O7/c1-18(2)28(36)37-17-25(35)32-26(38-29(39-32)19-8-6-5-7-9-19)15-23-22-11-10-20-14-21(33)12-13-30(20,3)27(22)24(34)16-31(23,32)4/h12-14,18-19,22-24,26-27,29,34H,5-11,15-17H2,1-4H3/t22-,23-,24-,26+,27+,29+,30-,31-,32+/m0/s1/i10D2,12D,14D,17D2. The summed E-state index contributed by atoms with van der Waals surface area (Å²) in [5, 5.41) is 12.0. The van der Waals surface area contributed by atoms with E-state index >= 15 is 0 Å². The third-order valence-electron chi connectivity index (χ3n) is 10.8. The lowest BCUT2D eigenvalue weighted by Gasteiger charge is -2.59. The number of carbonyl (C=O) groups excluding carboxylic acids is 3. The molecule has 7 nitrogen and oxygen atoms in total. The molecule has 4 saturated carbocycles. The number of Topliss-reactive ketones (excluding diaryl/α,β-unsaturated/α-hetero) is 1. The van der Waals surface area contributed by atoms with Crippen LogP contribution in [-0.2, 0) is 28.6 Å². The number of esters is 1. The maximum Gasteiger partial charge on any atom is 0.308 e. The van der Waals surface area contributed by atoms with Crippen LogP contribution in [0.5, 0.6) is 0 Å². The molecule has 9 atom stereocenters. The summed E-state index contributed by atoms with van der Waals surface area (Å²) in [6.45, 7) is 3.48. The van der Waals surface area contributed by atoms with Crippen molar-refractivity contribution in [3.63, 3.8) is 0 Å². The number of aliphatic hydroxyl groups is 1. The average Bonchev–Trinajstić information content (AvgIpc) is 3.43. The second kappa shape index (κ2) is 9.63. The van der Waals surface area contributed by atoms with Crippen molar-refractivity contribution in [2.24, 2.45) is 40.4 Å². The second-order valence-corrected chi connectivity index (χ2v) is 13.3. The molecule has 0 aromatic rings. The van der Waals surface area contributed by atoms with E-state index in [9.17, 15) is 19.5 Å². The Labute approximate surface area is 240 Å². The monoisotopic (exact) mass is 546 g/mol. The number of aliphatic hydroxyl groups excluding tert-OH is 1. The van der Waals surface area contributed by atoms with Gasteiger partial charge in [0.25, 0.3) is 0 Å². The van der Waals surface area contributed by atoms with E-state index in [-0.39, 0.29) is 30.8 Å². The van der Waals surface area contributed by atoms with Crippen LogP contribution >= 0.6 is 0 Å². The zero-order chi connectivity index (χ0) is 33.1. The highest BCUT2D eigenvalue weighted by molar-refractivity contribution is 6.01. The van der Waals surface area contributed by atoms with Crippen molar-refractivity contribution in [2.75, 3.05) is 6.56 Å². The van der Waals surface area contributed by atoms with Crippen LogP contribution in [0.15, 0.2) is 23.8 Å². The Hall–Kier alpha value is -1.83. The fraction of sp³-hybridized carbons (Fsp3) is 0.781. The van der Waals surface area contributed by atoms with Crippen LogP contribution in [0.4, 0.5) is 0 Å². The molecule has 0 unspecified atom stereocenters. The number of ketones is 2. The fourth-order valence-electron chi connectivity index (χ4n) is 8.85. The normalized spacial score (nSPS) is 49.7. The molecule has 6 rings (SSSR count). The van der Waals surface area contributed by atoms with Crippen LogP contribution in [0, 0.1) is 40.4 Å². The van der Waals surface area contributed by atoms with Crippen LogP contribution in [-0.4, -0.2) is 53.3 Å². The van der Waals surface area contributed by atoms with Gasteiger partial charge in [0.1, 0.15) is 0 Å². The smallest absolute Gasteiger partial charge is 0.308 e. The Kier molecular flexibility index (Phi) is 5.17. The number of fused-ring (bicyclic) bond motifs is 7. The van der Waals surface area contributed by atoms with Crippen LogP contribution in [0.25, 0.3) is 0 Å². The number of hydrogen-bond acceptors (Lipinski definition) is 7. The van der Waals surface area contributed by atoms with Crippen molar-refractivity contribution >= 4 is 17.5 Å². The Morgan fingerprint density at radius 3 is 2.72 bits per heavy atom. The summed E-state index contributed by atoms with van der Waals surface area (Å²) in [6, 6.07) is -0.966. The Morgan fingerprint density at radius 2 is 2.00 bits per heavy atom. The second-order valence-electron chi connectivity index (χ2n) is 13.3. The van der Waals surface area contributed by atoms with E-state index in [1.54, 1.807) is 27.7 Å². The fourth-order valence-corrected chi connectivity index (χ4v) is 8.85.